The quantitative estimate of drug-likeness (QED) is 0.679. The van der Waals surface area contributed by atoms with Gasteiger partial charge in [-0.3, -0.25) is 0 Å². The number of hydrogen-bond donors (Lipinski definition) is 1. The van der Waals surface area contributed by atoms with E-state index in [2.05, 4.69) is 17.1 Å². The lowest BCUT2D eigenvalue weighted by molar-refractivity contribution is 0.543. The van der Waals surface area contributed by atoms with Crippen LogP contribution in [0.2, 0.25) is 0 Å². The predicted molar refractivity (Wildman–Crippen MR) is 105 cm³/mol. The number of fused-ring (bicyclic) bond motifs is 1. The first-order valence-electron chi connectivity index (χ1n) is 8.81. The lowest BCUT2D eigenvalue weighted by atomic mass is 9.97. The second-order valence-electron chi connectivity index (χ2n) is 6.71. The molecule has 1 aliphatic heterocycles. The Morgan fingerprint density at radius 3 is 2.26 bits per heavy atom. The summed E-state index contributed by atoms with van der Waals surface area (Å²) in [5.74, 6) is -0.693. The molecule has 8 heteroatoms. The highest BCUT2D eigenvalue weighted by atomic mass is 32.2. The lowest BCUT2D eigenvalue weighted by Crippen LogP contribution is -2.32. The molecule has 1 heterocycles. The van der Waals surface area contributed by atoms with E-state index in [0.29, 0.717) is 0 Å². The number of amidine groups is 1. The summed E-state index contributed by atoms with van der Waals surface area (Å²) < 4.78 is 27.0. The third-order valence-corrected chi connectivity index (χ3v) is 8.75. The number of rotatable bonds is 7. The van der Waals surface area contributed by atoms with Gasteiger partial charge in [-0.1, -0.05) is 19.9 Å². The van der Waals surface area contributed by atoms with Gasteiger partial charge in [0.05, 0.1) is 12.1 Å². The number of benzene rings is 1. The van der Waals surface area contributed by atoms with E-state index in [-0.39, 0.29) is 11.4 Å². The van der Waals surface area contributed by atoms with Crippen LogP contribution >= 0.6 is 23.5 Å². The van der Waals surface area contributed by atoms with Crippen LogP contribution in [0.25, 0.3) is 0 Å². The van der Waals surface area contributed by atoms with Gasteiger partial charge in [0.1, 0.15) is 28.3 Å². The lowest BCUT2D eigenvalue weighted by Gasteiger charge is -2.32. The minimum Gasteiger partial charge on any atom is -0.386 e. The Hall–Kier alpha value is -1.77. The highest BCUT2D eigenvalue weighted by Crippen LogP contribution is 2.85. The zero-order valence-corrected chi connectivity index (χ0v) is 16.8. The molecule has 0 bridgehead atoms. The van der Waals surface area contributed by atoms with Crippen molar-refractivity contribution in [2.24, 2.45) is 21.6 Å². The zero-order valence-electron chi connectivity index (χ0n) is 15.1. The fourth-order valence-electron chi connectivity index (χ4n) is 4.04. The second kappa shape index (κ2) is 7.00. The summed E-state index contributed by atoms with van der Waals surface area (Å²) >= 11 is 2.99. The van der Waals surface area contributed by atoms with Crippen molar-refractivity contribution in [3.63, 3.8) is 0 Å². The predicted octanol–water partition coefficient (Wildman–Crippen LogP) is 4.39. The fraction of sp³-hybridized carbons (Fsp3) is 0.526. The van der Waals surface area contributed by atoms with Crippen molar-refractivity contribution in [3.8, 4) is 12.1 Å². The first kappa shape index (κ1) is 20.0. The van der Waals surface area contributed by atoms with Crippen molar-refractivity contribution < 1.29 is 8.78 Å². The SMILES string of the molecule is CCCSC1(SCCC)N=C(N)C2(C#N)C(c3ccc(F)cc3F)C12C#N. The van der Waals surface area contributed by atoms with Crippen molar-refractivity contribution >= 4 is 29.4 Å². The summed E-state index contributed by atoms with van der Waals surface area (Å²) in [4.78, 5) is 4.61. The highest BCUT2D eigenvalue weighted by Gasteiger charge is 2.92. The van der Waals surface area contributed by atoms with Gasteiger partial charge in [0, 0.05) is 12.0 Å². The van der Waals surface area contributed by atoms with Gasteiger partial charge in [-0.2, -0.15) is 10.5 Å². The van der Waals surface area contributed by atoms with Crippen molar-refractivity contribution in [2.75, 3.05) is 11.5 Å². The van der Waals surface area contributed by atoms with Crippen LogP contribution in [0.15, 0.2) is 23.2 Å². The van der Waals surface area contributed by atoms with E-state index in [1.54, 1.807) is 0 Å². The summed E-state index contributed by atoms with van der Waals surface area (Å²) in [5.41, 5.74) is 3.69. The molecule has 0 spiro atoms. The summed E-state index contributed by atoms with van der Waals surface area (Å²) in [6.45, 7) is 4.04. The molecule has 1 saturated carbocycles. The Balaban J connectivity index is 2.20. The molecule has 27 heavy (non-hydrogen) atoms. The summed E-state index contributed by atoms with van der Waals surface area (Å²) in [6.07, 6.45) is 1.73. The van der Waals surface area contributed by atoms with Gasteiger partial charge in [0.2, 0.25) is 0 Å². The smallest absolute Gasteiger partial charge is 0.175 e. The Morgan fingerprint density at radius 1 is 1.15 bits per heavy atom. The molecular weight excluding hydrogens is 386 g/mol. The third kappa shape index (κ3) is 2.43. The maximum absolute atomic E-state index is 14.6. The molecule has 2 N–H and O–H groups in total. The van der Waals surface area contributed by atoms with E-state index in [1.165, 1.54) is 29.6 Å². The zero-order chi connectivity index (χ0) is 19.9. The van der Waals surface area contributed by atoms with Gasteiger partial charge in [-0.25, -0.2) is 13.8 Å². The number of nitriles is 2. The van der Waals surface area contributed by atoms with Gasteiger partial charge in [0.25, 0.3) is 0 Å². The van der Waals surface area contributed by atoms with Crippen LogP contribution < -0.4 is 5.73 Å². The highest BCUT2D eigenvalue weighted by molar-refractivity contribution is 8.18. The Morgan fingerprint density at radius 2 is 1.78 bits per heavy atom. The molecule has 4 nitrogen and oxygen atoms in total. The number of hydrogen-bond acceptors (Lipinski definition) is 6. The van der Waals surface area contributed by atoms with E-state index >= 15 is 0 Å². The van der Waals surface area contributed by atoms with Crippen molar-refractivity contribution in [1.82, 2.24) is 0 Å². The number of aliphatic imine (C=N–C) groups is 1. The van der Waals surface area contributed by atoms with Crippen molar-refractivity contribution in [2.45, 2.75) is 36.8 Å². The van der Waals surface area contributed by atoms with Crippen LogP contribution in [0.1, 0.15) is 38.2 Å². The number of halogens is 2. The van der Waals surface area contributed by atoms with Crippen molar-refractivity contribution in [1.29, 1.82) is 10.5 Å². The maximum atomic E-state index is 14.6. The van der Waals surface area contributed by atoms with E-state index in [0.717, 1.165) is 36.5 Å². The van der Waals surface area contributed by atoms with E-state index in [9.17, 15) is 19.3 Å². The Kier molecular flexibility index (Phi) is 5.18. The molecule has 0 radical (unpaired) electrons. The van der Waals surface area contributed by atoms with Gasteiger partial charge < -0.3 is 5.73 Å². The fourth-order valence-corrected chi connectivity index (χ4v) is 7.27. The van der Waals surface area contributed by atoms with E-state index < -0.39 is 32.6 Å². The van der Waals surface area contributed by atoms with Crippen LogP contribution in [-0.4, -0.2) is 21.5 Å². The summed E-state index contributed by atoms with van der Waals surface area (Å²) in [5, 5.41) is 20.3. The Bertz CT molecular complexity index is 867. The molecule has 3 rings (SSSR count). The summed E-state index contributed by atoms with van der Waals surface area (Å²) in [7, 11) is 0. The Labute approximate surface area is 166 Å². The van der Waals surface area contributed by atoms with Gasteiger partial charge in [0.15, 0.2) is 4.20 Å². The largest absolute Gasteiger partial charge is 0.386 e. The molecular formula is C19H20F2N4S2. The number of thioether (sulfide) groups is 2. The van der Waals surface area contributed by atoms with Gasteiger partial charge >= 0.3 is 0 Å². The maximum Gasteiger partial charge on any atom is 0.175 e. The van der Waals surface area contributed by atoms with Gasteiger partial charge in [-0.05, 0) is 36.0 Å². The standard InChI is InChI=1S/C19H20F2N4S2/c1-3-7-26-19(27-8-4-2)18(11-23)15(17(18,10-22)16(24)25-19)13-6-5-12(20)9-14(13)21/h5-6,9,15H,3-4,7-8H2,1-2H3,(H2,24,25). The molecule has 2 aliphatic rings. The molecule has 3 unspecified atom stereocenters. The minimum absolute atomic E-state index is 0.0764. The third-order valence-electron chi connectivity index (χ3n) is 5.20. The van der Waals surface area contributed by atoms with Crippen LogP contribution in [-0.2, 0) is 0 Å². The summed E-state index contributed by atoms with van der Waals surface area (Å²) in [6, 6.07) is 7.76. The van der Waals surface area contributed by atoms with Crippen LogP contribution in [0.5, 0.6) is 0 Å². The van der Waals surface area contributed by atoms with Crippen LogP contribution in [0.3, 0.4) is 0 Å². The average molecular weight is 407 g/mol. The molecule has 1 fully saturated rings. The van der Waals surface area contributed by atoms with Crippen LogP contribution in [0, 0.1) is 45.1 Å². The molecule has 3 atom stereocenters. The number of nitrogens with zero attached hydrogens (tertiary/aromatic N) is 3. The molecule has 0 saturated heterocycles. The molecule has 1 aliphatic carbocycles. The second-order valence-corrected chi connectivity index (χ2v) is 9.55. The normalized spacial score (nSPS) is 30.1. The molecule has 1 aromatic carbocycles. The minimum atomic E-state index is -1.39. The topological polar surface area (TPSA) is 86.0 Å². The number of nitrogens with two attached hydrogens (primary N) is 1. The molecule has 142 valence electrons. The first-order chi connectivity index (χ1) is 12.9. The first-order valence-corrected chi connectivity index (χ1v) is 10.8. The molecule has 0 aromatic heterocycles. The van der Waals surface area contributed by atoms with Crippen molar-refractivity contribution in [3.05, 3.63) is 35.4 Å². The monoisotopic (exact) mass is 406 g/mol. The van der Waals surface area contributed by atoms with E-state index in [1.807, 2.05) is 13.8 Å². The average Bonchev–Trinajstić information content (AvgIpc) is 3.21. The molecule has 0 amide bonds. The van der Waals surface area contributed by atoms with Gasteiger partial charge in [-0.15, -0.1) is 23.5 Å². The molecule has 1 aromatic rings. The van der Waals surface area contributed by atoms with E-state index in [4.69, 9.17) is 5.73 Å². The van der Waals surface area contributed by atoms with Crippen LogP contribution in [0.4, 0.5) is 8.78 Å².